The molecule has 0 bridgehead atoms. The molecule has 100 valence electrons. The molecule has 1 nitrogen and oxygen atoms in total. The second kappa shape index (κ2) is 5.49. The van der Waals surface area contributed by atoms with Crippen molar-refractivity contribution in [1.82, 2.24) is 0 Å². The Balaban J connectivity index is 2.22. The van der Waals surface area contributed by atoms with Gasteiger partial charge >= 0.3 is 0 Å². The predicted octanol–water partition coefficient (Wildman–Crippen LogP) is 3.86. The maximum Gasteiger partial charge on any atom is 0.159 e. The van der Waals surface area contributed by atoms with Gasteiger partial charge in [-0.15, -0.1) is 0 Å². The summed E-state index contributed by atoms with van der Waals surface area (Å²) in [5, 5.41) is 10.2. The molecule has 0 saturated carbocycles. The lowest BCUT2D eigenvalue weighted by Gasteiger charge is -2.15. The van der Waals surface area contributed by atoms with Crippen LogP contribution in [-0.2, 0) is 6.42 Å². The van der Waals surface area contributed by atoms with E-state index in [1.165, 1.54) is 6.07 Å². The van der Waals surface area contributed by atoms with Crippen LogP contribution >= 0.6 is 0 Å². The Hall–Kier alpha value is -1.74. The number of halogens is 2. The number of hydrogen-bond donors (Lipinski definition) is 1. The van der Waals surface area contributed by atoms with E-state index in [1.54, 1.807) is 0 Å². The molecule has 3 heteroatoms. The maximum atomic E-state index is 13.1. The zero-order chi connectivity index (χ0) is 14.0. The van der Waals surface area contributed by atoms with E-state index in [2.05, 4.69) is 0 Å². The van der Waals surface area contributed by atoms with E-state index in [4.69, 9.17) is 0 Å². The first-order chi connectivity index (χ1) is 8.97. The third kappa shape index (κ3) is 3.18. The van der Waals surface area contributed by atoms with Crippen molar-refractivity contribution in [1.29, 1.82) is 0 Å². The van der Waals surface area contributed by atoms with Crippen LogP contribution in [0.3, 0.4) is 0 Å². The number of aryl methyl sites for hydroxylation is 2. The molecule has 0 fully saturated rings. The lowest BCUT2D eigenvalue weighted by Crippen LogP contribution is -2.05. The fourth-order valence-electron chi connectivity index (χ4n) is 2.12. The second-order valence-corrected chi connectivity index (χ2v) is 4.83. The molecule has 0 spiro atoms. The van der Waals surface area contributed by atoms with Crippen LogP contribution in [0.2, 0.25) is 0 Å². The summed E-state index contributed by atoms with van der Waals surface area (Å²) in [6.07, 6.45) is -0.452. The summed E-state index contributed by atoms with van der Waals surface area (Å²) < 4.78 is 26.0. The van der Waals surface area contributed by atoms with Gasteiger partial charge in [0.25, 0.3) is 0 Å². The molecule has 1 N–H and O–H groups in total. The van der Waals surface area contributed by atoms with E-state index in [9.17, 15) is 13.9 Å². The van der Waals surface area contributed by atoms with Crippen LogP contribution < -0.4 is 0 Å². The number of rotatable bonds is 3. The summed E-state index contributed by atoms with van der Waals surface area (Å²) in [5.41, 5.74) is 3.45. The lowest BCUT2D eigenvalue weighted by atomic mass is 9.96. The highest BCUT2D eigenvalue weighted by molar-refractivity contribution is 5.33. The Morgan fingerprint density at radius 1 is 1.00 bits per heavy atom. The van der Waals surface area contributed by atoms with Gasteiger partial charge in [0, 0.05) is 6.42 Å². The molecule has 0 radical (unpaired) electrons. The van der Waals surface area contributed by atoms with Gasteiger partial charge in [-0.1, -0.05) is 29.8 Å². The number of aliphatic hydroxyl groups is 1. The number of benzene rings is 2. The van der Waals surface area contributed by atoms with Gasteiger partial charge in [0.15, 0.2) is 11.6 Å². The first-order valence-electron chi connectivity index (χ1n) is 6.16. The molecule has 0 aliphatic heterocycles. The monoisotopic (exact) mass is 262 g/mol. The Morgan fingerprint density at radius 3 is 2.42 bits per heavy atom. The van der Waals surface area contributed by atoms with E-state index >= 15 is 0 Å². The highest BCUT2D eigenvalue weighted by Crippen LogP contribution is 2.23. The van der Waals surface area contributed by atoms with Crippen LogP contribution in [0.15, 0.2) is 36.4 Å². The predicted molar refractivity (Wildman–Crippen MR) is 70.9 cm³/mol. The van der Waals surface area contributed by atoms with E-state index in [0.717, 1.165) is 28.8 Å². The van der Waals surface area contributed by atoms with E-state index in [-0.39, 0.29) is 6.42 Å². The summed E-state index contributed by atoms with van der Waals surface area (Å²) >= 11 is 0. The average Bonchev–Trinajstić information content (AvgIpc) is 2.36. The highest BCUT2D eigenvalue weighted by Gasteiger charge is 2.13. The van der Waals surface area contributed by atoms with E-state index in [0.29, 0.717) is 5.56 Å². The van der Waals surface area contributed by atoms with Crippen LogP contribution in [0.25, 0.3) is 0 Å². The van der Waals surface area contributed by atoms with Gasteiger partial charge in [0.05, 0.1) is 6.10 Å². The molecule has 1 unspecified atom stereocenters. The van der Waals surface area contributed by atoms with Crippen molar-refractivity contribution in [2.45, 2.75) is 26.4 Å². The summed E-state index contributed by atoms with van der Waals surface area (Å²) in [6.45, 7) is 3.87. The highest BCUT2D eigenvalue weighted by atomic mass is 19.2. The smallest absolute Gasteiger partial charge is 0.159 e. The van der Waals surface area contributed by atoms with E-state index < -0.39 is 17.7 Å². The Morgan fingerprint density at radius 2 is 1.74 bits per heavy atom. The molecule has 2 aromatic carbocycles. The van der Waals surface area contributed by atoms with Gasteiger partial charge in [-0.05, 0) is 42.7 Å². The second-order valence-electron chi connectivity index (χ2n) is 4.83. The van der Waals surface area contributed by atoms with Crippen molar-refractivity contribution in [2.24, 2.45) is 0 Å². The molecular formula is C16H16F2O. The molecule has 19 heavy (non-hydrogen) atoms. The van der Waals surface area contributed by atoms with Crippen LogP contribution in [0, 0.1) is 25.5 Å². The lowest BCUT2D eigenvalue weighted by molar-refractivity contribution is 0.177. The summed E-state index contributed by atoms with van der Waals surface area (Å²) in [5.74, 6) is -1.75. The maximum absolute atomic E-state index is 13.1. The Bertz CT molecular complexity index is 593. The average molecular weight is 262 g/mol. The van der Waals surface area contributed by atoms with Gasteiger partial charge in [-0.3, -0.25) is 0 Å². The van der Waals surface area contributed by atoms with Gasteiger partial charge in [0.2, 0.25) is 0 Å². The summed E-state index contributed by atoms with van der Waals surface area (Å²) in [6, 6.07) is 9.54. The van der Waals surface area contributed by atoms with Gasteiger partial charge in [0.1, 0.15) is 0 Å². The van der Waals surface area contributed by atoms with Gasteiger partial charge < -0.3 is 5.11 Å². The van der Waals surface area contributed by atoms with Crippen LogP contribution in [0.5, 0.6) is 0 Å². The van der Waals surface area contributed by atoms with E-state index in [1.807, 2.05) is 32.0 Å². The molecule has 2 aromatic rings. The standard InChI is InChI=1S/C16H16F2O/c1-10-3-4-11(2)13(7-10)16(19)9-12-5-6-14(17)15(18)8-12/h3-8,16,19H,9H2,1-2H3. The molecule has 0 aromatic heterocycles. The van der Waals surface area contributed by atoms with Crippen molar-refractivity contribution in [3.8, 4) is 0 Å². The molecule has 0 saturated heterocycles. The van der Waals surface area contributed by atoms with Crippen molar-refractivity contribution in [2.75, 3.05) is 0 Å². The zero-order valence-electron chi connectivity index (χ0n) is 11.0. The van der Waals surface area contributed by atoms with Crippen LogP contribution in [0.1, 0.15) is 28.4 Å². The molecule has 1 atom stereocenters. The minimum Gasteiger partial charge on any atom is -0.388 e. The quantitative estimate of drug-likeness (QED) is 0.890. The molecule has 0 aliphatic carbocycles. The minimum absolute atomic E-state index is 0.265. The summed E-state index contributed by atoms with van der Waals surface area (Å²) in [4.78, 5) is 0. The van der Waals surface area contributed by atoms with Crippen LogP contribution in [-0.4, -0.2) is 5.11 Å². The molecule has 0 aliphatic rings. The fraction of sp³-hybridized carbons (Fsp3) is 0.250. The first-order valence-corrected chi connectivity index (χ1v) is 6.16. The van der Waals surface area contributed by atoms with Crippen molar-refractivity contribution in [3.63, 3.8) is 0 Å². The normalized spacial score (nSPS) is 12.5. The van der Waals surface area contributed by atoms with Crippen LogP contribution in [0.4, 0.5) is 8.78 Å². The topological polar surface area (TPSA) is 20.2 Å². The number of hydrogen-bond acceptors (Lipinski definition) is 1. The minimum atomic E-state index is -0.884. The van der Waals surface area contributed by atoms with Gasteiger partial charge in [-0.25, -0.2) is 8.78 Å². The molecule has 0 heterocycles. The van der Waals surface area contributed by atoms with Crippen molar-refractivity contribution < 1.29 is 13.9 Å². The molecule has 2 rings (SSSR count). The molecular weight excluding hydrogens is 246 g/mol. The Labute approximate surface area is 111 Å². The van der Waals surface area contributed by atoms with Crippen molar-refractivity contribution in [3.05, 3.63) is 70.3 Å². The largest absolute Gasteiger partial charge is 0.388 e. The van der Waals surface area contributed by atoms with Gasteiger partial charge in [-0.2, -0.15) is 0 Å². The zero-order valence-corrected chi connectivity index (χ0v) is 11.0. The third-order valence-electron chi connectivity index (χ3n) is 3.21. The SMILES string of the molecule is Cc1ccc(C)c(C(O)Cc2ccc(F)c(F)c2)c1. The van der Waals surface area contributed by atoms with Crippen molar-refractivity contribution >= 4 is 0 Å². The first kappa shape index (κ1) is 13.7. The number of aliphatic hydroxyl groups excluding tert-OH is 1. The Kier molecular flexibility index (Phi) is 3.96. The molecule has 0 amide bonds. The third-order valence-corrected chi connectivity index (χ3v) is 3.21. The summed E-state index contributed by atoms with van der Waals surface area (Å²) in [7, 11) is 0. The fourth-order valence-corrected chi connectivity index (χ4v) is 2.12.